The number of hydrogen-bond donors (Lipinski definition) is 1. The minimum absolute atomic E-state index is 0.133. The van der Waals surface area contributed by atoms with Crippen LogP contribution in [-0.2, 0) is 20.9 Å². The third-order valence-electron chi connectivity index (χ3n) is 4.19. The Bertz CT molecular complexity index is 709. The Balaban J connectivity index is 1.80. The van der Waals surface area contributed by atoms with Crippen molar-refractivity contribution in [3.8, 4) is 0 Å². The van der Waals surface area contributed by atoms with Crippen molar-refractivity contribution >= 4 is 22.8 Å². The maximum Gasteiger partial charge on any atom is 0.326 e. The van der Waals surface area contributed by atoms with Crippen molar-refractivity contribution in [1.82, 2.24) is 9.47 Å². The molecule has 1 fully saturated rings. The van der Waals surface area contributed by atoms with E-state index in [0.29, 0.717) is 13.0 Å². The van der Waals surface area contributed by atoms with E-state index in [1.165, 1.54) is 12.0 Å². The molecule has 2 aromatic rings. The standard InChI is InChI=1S/C16H18N2O4/c1-22-12-8-14(16(20)21)18(9-12)15(19)10-17-7-6-11-4-2-3-5-13(11)17/h2-7,12,14H,8-10H2,1H3,(H,20,21). The van der Waals surface area contributed by atoms with Gasteiger partial charge in [-0.25, -0.2) is 4.79 Å². The number of carbonyl (C=O) groups excluding carboxylic acids is 1. The second kappa shape index (κ2) is 5.81. The molecule has 0 aliphatic carbocycles. The molecule has 2 unspecified atom stereocenters. The normalized spacial score (nSPS) is 21.4. The molecular weight excluding hydrogens is 284 g/mol. The molecule has 0 spiro atoms. The number of amides is 1. The first-order valence-corrected chi connectivity index (χ1v) is 7.19. The van der Waals surface area contributed by atoms with Gasteiger partial charge in [-0.15, -0.1) is 0 Å². The second-order valence-electron chi connectivity index (χ2n) is 5.50. The lowest BCUT2D eigenvalue weighted by atomic mass is 10.2. The molecule has 0 bridgehead atoms. The van der Waals surface area contributed by atoms with Gasteiger partial charge < -0.3 is 19.3 Å². The van der Waals surface area contributed by atoms with Gasteiger partial charge in [-0.3, -0.25) is 4.79 Å². The highest BCUT2D eigenvalue weighted by molar-refractivity contribution is 5.86. The van der Waals surface area contributed by atoms with Crippen LogP contribution in [0.25, 0.3) is 10.9 Å². The summed E-state index contributed by atoms with van der Waals surface area (Å²) < 4.78 is 7.06. The van der Waals surface area contributed by atoms with Gasteiger partial charge in [0.05, 0.1) is 6.10 Å². The number of hydrogen-bond acceptors (Lipinski definition) is 3. The van der Waals surface area contributed by atoms with Gasteiger partial charge in [0.1, 0.15) is 12.6 Å². The molecule has 22 heavy (non-hydrogen) atoms. The SMILES string of the molecule is COC1CC(C(=O)O)N(C(=O)Cn2ccc3ccccc32)C1. The van der Waals surface area contributed by atoms with Gasteiger partial charge >= 0.3 is 5.97 Å². The van der Waals surface area contributed by atoms with E-state index in [9.17, 15) is 14.7 Å². The average molecular weight is 302 g/mol. The number of nitrogens with zero attached hydrogens (tertiary/aromatic N) is 2. The summed E-state index contributed by atoms with van der Waals surface area (Å²) in [4.78, 5) is 25.3. The number of ether oxygens (including phenoxy) is 1. The van der Waals surface area contributed by atoms with Crippen LogP contribution in [-0.4, -0.2) is 52.3 Å². The van der Waals surface area contributed by atoms with Crippen molar-refractivity contribution in [1.29, 1.82) is 0 Å². The van der Waals surface area contributed by atoms with Crippen LogP contribution in [0.2, 0.25) is 0 Å². The van der Waals surface area contributed by atoms with Crippen molar-refractivity contribution in [2.24, 2.45) is 0 Å². The van der Waals surface area contributed by atoms with E-state index in [1.807, 2.05) is 41.1 Å². The third kappa shape index (κ3) is 2.57. The molecule has 1 amide bonds. The number of carboxylic acid groups (broad SMARTS) is 1. The number of carbonyl (C=O) groups is 2. The highest BCUT2D eigenvalue weighted by Gasteiger charge is 2.39. The summed E-state index contributed by atoms with van der Waals surface area (Å²) in [6, 6.07) is 8.92. The Hall–Kier alpha value is -2.34. The summed E-state index contributed by atoms with van der Waals surface area (Å²) in [6.07, 6.45) is 1.97. The van der Waals surface area contributed by atoms with Crippen molar-refractivity contribution in [2.45, 2.75) is 25.1 Å². The number of aliphatic carboxylic acids is 1. The lowest BCUT2D eigenvalue weighted by molar-refractivity contribution is -0.148. The van der Waals surface area contributed by atoms with Crippen LogP contribution in [0, 0.1) is 0 Å². The van der Waals surface area contributed by atoms with E-state index >= 15 is 0 Å². The molecule has 6 nitrogen and oxygen atoms in total. The molecule has 3 rings (SSSR count). The Morgan fingerprint density at radius 3 is 2.82 bits per heavy atom. The Labute approximate surface area is 127 Å². The number of likely N-dealkylation sites (tertiary alicyclic amines) is 1. The van der Waals surface area contributed by atoms with Crippen LogP contribution >= 0.6 is 0 Å². The first kappa shape index (κ1) is 14.6. The molecule has 1 saturated heterocycles. The maximum absolute atomic E-state index is 12.5. The highest BCUT2D eigenvalue weighted by atomic mass is 16.5. The number of rotatable bonds is 4. The zero-order valence-electron chi connectivity index (χ0n) is 12.3. The first-order valence-electron chi connectivity index (χ1n) is 7.19. The molecule has 6 heteroatoms. The Morgan fingerprint density at radius 2 is 2.09 bits per heavy atom. The summed E-state index contributed by atoms with van der Waals surface area (Å²) in [5, 5.41) is 10.3. The van der Waals surface area contributed by atoms with E-state index < -0.39 is 12.0 Å². The van der Waals surface area contributed by atoms with Crippen molar-refractivity contribution < 1.29 is 19.4 Å². The summed E-state index contributed by atoms with van der Waals surface area (Å²) in [5.41, 5.74) is 0.963. The quantitative estimate of drug-likeness (QED) is 0.925. The third-order valence-corrected chi connectivity index (χ3v) is 4.19. The fourth-order valence-electron chi connectivity index (χ4n) is 2.99. The van der Waals surface area contributed by atoms with Crippen LogP contribution in [0.15, 0.2) is 36.5 Å². The second-order valence-corrected chi connectivity index (χ2v) is 5.50. The van der Waals surface area contributed by atoms with E-state index in [4.69, 9.17) is 4.74 Å². The summed E-state index contributed by atoms with van der Waals surface area (Å²) in [5.74, 6) is -1.18. The number of fused-ring (bicyclic) bond motifs is 1. The van der Waals surface area contributed by atoms with Crippen molar-refractivity contribution in [2.75, 3.05) is 13.7 Å². The van der Waals surface area contributed by atoms with Crippen LogP contribution in [0.3, 0.4) is 0 Å². The van der Waals surface area contributed by atoms with E-state index in [1.54, 1.807) is 0 Å². The van der Waals surface area contributed by atoms with Crippen molar-refractivity contribution in [3.63, 3.8) is 0 Å². The van der Waals surface area contributed by atoms with Gasteiger partial charge in [-0.2, -0.15) is 0 Å². The predicted molar refractivity (Wildman–Crippen MR) is 80.5 cm³/mol. The lowest BCUT2D eigenvalue weighted by Gasteiger charge is -2.21. The van der Waals surface area contributed by atoms with Gasteiger partial charge in [0.15, 0.2) is 0 Å². The topological polar surface area (TPSA) is 71.8 Å². The number of methoxy groups -OCH3 is 1. The Kier molecular flexibility index (Phi) is 3.85. The fraction of sp³-hybridized carbons (Fsp3) is 0.375. The van der Waals surface area contributed by atoms with Gasteiger partial charge in [0.25, 0.3) is 0 Å². The molecule has 1 aliphatic heterocycles. The summed E-state index contributed by atoms with van der Waals surface area (Å²) in [6.45, 7) is 0.458. The number of benzene rings is 1. The molecule has 0 saturated carbocycles. The Morgan fingerprint density at radius 1 is 1.32 bits per heavy atom. The van der Waals surface area contributed by atoms with E-state index in [2.05, 4.69) is 0 Å². The van der Waals surface area contributed by atoms with Gasteiger partial charge in [0, 0.05) is 31.8 Å². The maximum atomic E-state index is 12.5. The van der Waals surface area contributed by atoms with E-state index in [0.717, 1.165) is 10.9 Å². The molecule has 1 aromatic heterocycles. The first-order chi connectivity index (χ1) is 10.6. The minimum Gasteiger partial charge on any atom is -0.480 e. The van der Waals surface area contributed by atoms with Crippen LogP contribution in [0.1, 0.15) is 6.42 Å². The highest BCUT2D eigenvalue weighted by Crippen LogP contribution is 2.22. The fourth-order valence-corrected chi connectivity index (χ4v) is 2.99. The molecule has 116 valence electrons. The summed E-state index contributed by atoms with van der Waals surface area (Å²) in [7, 11) is 1.54. The summed E-state index contributed by atoms with van der Waals surface area (Å²) >= 11 is 0. The lowest BCUT2D eigenvalue weighted by Crippen LogP contribution is -2.42. The number of aromatic nitrogens is 1. The van der Waals surface area contributed by atoms with Gasteiger partial charge in [-0.1, -0.05) is 18.2 Å². The van der Waals surface area contributed by atoms with Gasteiger partial charge in [-0.05, 0) is 17.5 Å². The molecular formula is C16H18N2O4. The molecule has 1 N–H and O–H groups in total. The molecule has 0 radical (unpaired) electrons. The van der Waals surface area contributed by atoms with E-state index in [-0.39, 0.29) is 18.6 Å². The van der Waals surface area contributed by atoms with Crippen LogP contribution < -0.4 is 0 Å². The largest absolute Gasteiger partial charge is 0.480 e. The number of carboxylic acids is 1. The van der Waals surface area contributed by atoms with Crippen LogP contribution in [0.5, 0.6) is 0 Å². The monoisotopic (exact) mass is 302 g/mol. The number of para-hydroxylation sites is 1. The molecule has 2 atom stereocenters. The minimum atomic E-state index is -0.981. The van der Waals surface area contributed by atoms with Crippen molar-refractivity contribution in [3.05, 3.63) is 36.5 Å². The molecule has 1 aliphatic rings. The smallest absolute Gasteiger partial charge is 0.326 e. The molecule has 2 heterocycles. The molecule has 1 aromatic carbocycles. The van der Waals surface area contributed by atoms with Crippen LogP contribution in [0.4, 0.5) is 0 Å². The average Bonchev–Trinajstić information content (AvgIpc) is 3.12. The zero-order chi connectivity index (χ0) is 15.7. The predicted octanol–water partition coefficient (Wildman–Crippen LogP) is 1.34. The zero-order valence-corrected chi connectivity index (χ0v) is 12.3. The van der Waals surface area contributed by atoms with Gasteiger partial charge in [0.2, 0.25) is 5.91 Å².